The van der Waals surface area contributed by atoms with Crippen LogP contribution in [0.1, 0.15) is 70.8 Å². The van der Waals surface area contributed by atoms with Gasteiger partial charge in [-0.15, -0.1) is 5.10 Å². The summed E-state index contributed by atoms with van der Waals surface area (Å²) < 4.78 is 17.6. The minimum atomic E-state index is -0.587. The highest BCUT2D eigenvalue weighted by atomic mass is 16.6. The molecule has 3 aliphatic heterocycles. The molecule has 2 amide bonds. The number of nitrogens with one attached hydrogen (secondary N) is 1. The number of carbonyl (C=O) groups excluding carboxylic acids is 2. The first kappa shape index (κ1) is 22.8. The third-order valence-corrected chi connectivity index (χ3v) is 6.47. The highest BCUT2D eigenvalue weighted by Gasteiger charge is 2.38. The van der Waals surface area contributed by atoms with Gasteiger partial charge in [0.2, 0.25) is 5.88 Å². The van der Waals surface area contributed by atoms with Crippen LogP contribution in [0.15, 0.2) is 12.3 Å². The summed E-state index contributed by atoms with van der Waals surface area (Å²) in [5.41, 5.74) is 0.432. The third-order valence-electron chi connectivity index (χ3n) is 6.47. The highest BCUT2D eigenvalue weighted by Crippen LogP contribution is 2.37. The zero-order valence-electron chi connectivity index (χ0n) is 19.2. The molecule has 1 aromatic rings. The maximum atomic E-state index is 13.2. The standard InChI is InChI=1S/C23H34N4O5/c1-23(2,3)32-22(29)25-18-5-4-12-27-19(18)13-30-16-8-6-15(7-9-16)17-10-11-24-26-21(17)31-14-20(27)28/h10-11,15-16,18-19H,4-9,12-14H2,1-3H3,(H,25,29)/t15?,16?,18-,19-/m0/s1. The maximum Gasteiger partial charge on any atom is 0.407 e. The van der Waals surface area contributed by atoms with Gasteiger partial charge in [-0.25, -0.2) is 4.79 Å². The SMILES string of the molecule is CC(C)(C)OC(=O)N[C@H]1CCCN2C(=O)COc3nnccc3C3CCC(CC3)OC[C@@H]12. The van der Waals surface area contributed by atoms with E-state index in [4.69, 9.17) is 14.2 Å². The van der Waals surface area contributed by atoms with Crippen LogP contribution in [0.25, 0.3) is 0 Å². The number of carbonyl (C=O) groups is 2. The molecule has 1 aromatic heterocycles. The van der Waals surface area contributed by atoms with Gasteiger partial charge in [-0.3, -0.25) is 4.79 Å². The number of piperidine rings is 1. The summed E-state index contributed by atoms with van der Waals surface area (Å²) in [6.07, 6.45) is 6.74. The molecule has 1 N–H and O–H groups in total. The molecular formula is C23H34N4O5. The Hall–Kier alpha value is -2.42. The summed E-state index contributed by atoms with van der Waals surface area (Å²) in [5.74, 6) is 0.638. The van der Waals surface area contributed by atoms with Gasteiger partial charge in [0.15, 0.2) is 6.61 Å². The van der Waals surface area contributed by atoms with Crippen LogP contribution in [0.2, 0.25) is 0 Å². The van der Waals surface area contributed by atoms with Crippen molar-refractivity contribution in [2.45, 2.75) is 89.0 Å². The summed E-state index contributed by atoms with van der Waals surface area (Å²) in [5, 5.41) is 11.1. The van der Waals surface area contributed by atoms with Crippen molar-refractivity contribution in [2.24, 2.45) is 0 Å². The number of fused-ring (bicyclic) bond motifs is 5. The van der Waals surface area contributed by atoms with E-state index < -0.39 is 11.7 Å². The van der Waals surface area contributed by atoms with Crippen LogP contribution in [0.4, 0.5) is 4.79 Å². The molecule has 2 atom stereocenters. The molecule has 32 heavy (non-hydrogen) atoms. The van der Waals surface area contributed by atoms with Gasteiger partial charge >= 0.3 is 6.09 Å². The lowest BCUT2D eigenvalue weighted by Gasteiger charge is -2.42. The van der Waals surface area contributed by atoms with E-state index in [1.165, 1.54) is 0 Å². The lowest BCUT2D eigenvalue weighted by atomic mass is 9.83. The molecule has 4 heterocycles. The van der Waals surface area contributed by atoms with Gasteiger partial charge in [-0.2, -0.15) is 5.10 Å². The molecule has 1 saturated carbocycles. The average molecular weight is 447 g/mol. The summed E-state index contributed by atoms with van der Waals surface area (Å²) >= 11 is 0. The van der Waals surface area contributed by atoms with Crippen LogP contribution in [0.5, 0.6) is 5.88 Å². The van der Waals surface area contributed by atoms with Crippen LogP contribution >= 0.6 is 0 Å². The van der Waals surface area contributed by atoms with E-state index in [0.717, 1.165) is 44.1 Å². The monoisotopic (exact) mass is 446 g/mol. The zero-order chi connectivity index (χ0) is 22.7. The van der Waals surface area contributed by atoms with Crippen molar-refractivity contribution in [1.82, 2.24) is 20.4 Å². The van der Waals surface area contributed by atoms with Gasteiger partial charge in [0.05, 0.1) is 31.0 Å². The molecular weight excluding hydrogens is 412 g/mol. The number of aromatic nitrogens is 2. The second kappa shape index (κ2) is 9.60. The van der Waals surface area contributed by atoms with Crippen LogP contribution in [0, 0.1) is 0 Å². The van der Waals surface area contributed by atoms with Gasteiger partial charge in [-0.05, 0) is 71.3 Å². The molecule has 5 rings (SSSR count). The summed E-state index contributed by atoms with van der Waals surface area (Å²) in [6.45, 7) is 6.37. The molecule has 9 nitrogen and oxygen atoms in total. The Balaban J connectivity index is 1.54. The topological polar surface area (TPSA) is 103 Å². The maximum absolute atomic E-state index is 13.2. The Bertz CT molecular complexity index is 819. The first-order chi connectivity index (χ1) is 15.3. The predicted molar refractivity (Wildman–Crippen MR) is 116 cm³/mol. The van der Waals surface area contributed by atoms with E-state index in [-0.39, 0.29) is 30.7 Å². The van der Waals surface area contributed by atoms with Crippen molar-refractivity contribution < 1.29 is 23.8 Å². The Labute approximate surface area is 189 Å². The molecule has 2 fully saturated rings. The molecule has 0 radical (unpaired) electrons. The van der Waals surface area contributed by atoms with E-state index in [1.807, 2.05) is 26.8 Å². The van der Waals surface area contributed by atoms with Crippen molar-refractivity contribution in [3.05, 3.63) is 17.8 Å². The molecule has 9 heteroatoms. The van der Waals surface area contributed by atoms with Crippen LogP contribution in [-0.4, -0.2) is 70.6 Å². The lowest BCUT2D eigenvalue weighted by molar-refractivity contribution is -0.141. The van der Waals surface area contributed by atoms with Crippen molar-refractivity contribution in [2.75, 3.05) is 19.8 Å². The summed E-state index contributed by atoms with van der Waals surface area (Å²) in [6, 6.07) is 1.44. The minimum Gasteiger partial charge on any atom is -0.466 e. The normalized spacial score (nSPS) is 28.8. The Morgan fingerprint density at radius 3 is 2.75 bits per heavy atom. The highest BCUT2D eigenvalue weighted by molar-refractivity contribution is 5.78. The Morgan fingerprint density at radius 1 is 1.22 bits per heavy atom. The van der Waals surface area contributed by atoms with Crippen LogP contribution in [-0.2, 0) is 14.3 Å². The molecule has 4 aliphatic rings. The largest absolute Gasteiger partial charge is 0.466 e. The van der Waals surface area contributed by atoms with Crippen LogP contribution < -0.4 is 10.1 Å². The van der Waals surface area contributed by atoms with E-state index in [9.17, 15) is 9.59 Å². The van der Waals surface area contributed by atoms with Gasteiger partial charge in [0.1, 0.15) is 5.60 Å². The first-order valence-electron chi connectivity index (χ1n) is 11.6. The molecule has 0 unspecified atom stereocenters. The smallest absolute Gasteiger partial charge is 0.407 e. The predicted octanol–water partition coefficient (Wildman–Crippen LogP) is 2.80. The molecule has 1 saturated heterocycles. The van der Waals surface area contributed by atoms with Crippen molar-refractivity contribution in [3.63, 3.8) is 0 Å². The van der Waals surface area contributed by atoms with Gasteiger partial charge in [0.25, 0.3) is 5.91 Å². The minimum absolute atomic E-state index is 0.114. The first-order valence-corrected chi connectivity index (χ1v) is 11.6. The number of rotatable bonds is 1. The molecule has 2 bridgehead atoms. The number of alkyl carbamates (subject to hydrolysis) is 1. The van der Waals surface area contributed by atoms with Gasteiger partial charge in [-0.1, -0.05) is 0 Å². The lowest BCUT2D eigenvalue weighted by Crippen LogP contribution is -2.60. The van der Waals surface area contributed by atoms with Crippen LogP contribution in [0.3, 0.4) is 0 Å². The Kier molecular flexibility index (Phi) is 6.83. The van der Waals surface area contributed by atoms with E-state index in [2.05, 4.69) is 15.5 Å². The molecule has 1 aliphatic carbocycles. The number of amides is 2. The number of hydrogen-bond acceptors (Lipinski definition) is 7. The average Bonchev–Trinajstić information content (AvgIpc) is 2.76. The number of ether oxygens (including phenoxy) is 3. The number of nitrogens with zero attached hydrogens (tertiary/aromatic N) is 3. The van der Waals surface area contributed by atoms with Gasteiger partial charge in [0, 0.05) is 12.1 Å². The molecule has 0 aromatic carbocycles. The van der Waals surface area contributed by atoms with Gasteiger partial charge < -0.3 is 24.4 Å². The summed E-state index contributed by atoms with van der Waals surface area (Å²) in [7, 11) is 0. The van der Waals surface area contributed by atoms with Crippen molar-refractivity contribution in [1.29, 1.82) is 0 Å². The van der Waals surface area contributed by atoms with E-state index in [0.29, 0.717) is 24.9 Å². The second-order valence-corrected chi connectivity index (χ2v) is 9.94. The second-order valence-electron chi connectivity index (χ2n) is 9.94. The van der Waals surface area contributed by atoms with Crippen molar-refractivity contribution >= 4 is 12.0 Å². The fraction of sp³-hybridized carbons (Fsp3) is 0.739. The van der Waals surface area contributed by atoms with E-state index >= 15 is 0 Å². The fourth-order valence-electron chi connectivity index (χ4n) is 4.94. The van der Waals surface area contributed by atoms with Crippen molar-refractivity contribution in [3.8, 4) is 5.88 Å². The molecule has 0 spiro atoms. The van der Waals surface area contributed by atoms with E-state index in [1.54, 1.807) is 11.1 Å². The fourth-order valence-corrected chi connectivity index (χ4v) is 4.94. The number of hydrogen-bond donors (Lipinski definition) is 1. The third kappa shape index (κ3) is 5.49. The Morgan fingerprint density at radius 2 is 2.00 bits per heavy atom. The summed E-state index contributed by atoms with van der Waals surface area (Å²) in [4.78, 5) is 27.4. The molecule has 176 valence electrons. The zero-order valence-corrected chi connectivity index (χ0v) is 19.2. The quantitative estimate of drug-likeness (QED) is 0.707.